The van der Waals surface area contributed by atoms with Crippen molar-refractivity contribution in [1.29, 1.82) is 5.26 Å². The van der Waals surface area contributed by atoms with E-state index in [4.69, 9.17) is 16.6 Å². The molecule has 0 unspecified atom stereocenters. The van der Waals surface area contributed by atoms with E-state index in [-0.39, 0.29) is 5.91 Å². The molecule has 1 saturated heterocycles. The van der Waals surface area contributed by atoms with E-state index >= 15 is 0 Å². The van der Waals surface area contributed by atoms with E-state index in [0.29, 0.717) is 47.0 Å². The maximum absolute atomic E-state index is 12.7. The molecule has 1 saturated carbocycles. The van der Waals surface area contributed by atoms with Crippen molar-refractivity contribution in [3.8, 4) is 6.19 Å². The normalized spacial score (nSPS) is 17.8. The quantitative estimate of drug-likeness (QED) is 0.160. The highest BCUT2D eigenvalue weighted by atomic mass is 35.5. The van der Waals surface area contributed by atoms with E-state index in [1.807, 2.05) is 13.8 Å². The lowest BCUT2D eigenvalue weighted by Gasteiger charge is -2.41. The number of halogens is 1. The topological polar surface area (TPSA) is 96.7 Å². The van der Waals surface area contributed by atoms with Gasteiger partial charge in [-0.15, -0.1) is 0 Å². The molecule has 2 N–H and O–H groups in total. The highest BCUT2D eigenvalue weighted by Gasteiger charge is 2.31. The van der Waals surface area contributed by atoms with Crippen molar-refractivity contribution in [3.63, 3.8) is 0 Å². The fourth-order valence-electron chi connectivity index (χ4n) is 4.99. The second-order valence-corrected chi connectivity index (χ2v) is 11.2. The van der Waals surface area contributed by atoms with Gasteiger partial charge in [-0.2, -0.15) is 16.6 Å². The van der Waals surface area contributed by atoms with Crippen molar-refractivity contribution in [3.05, 3.63) is 50.4 Å². The molecule has 0 spiro atoms. The Labute approximate surface area is 228 Å². The number of thiophene rings is 1. The van der Waals surface area contributed by atoms with Crippen molar-refractivity contribution < 1.29 is 4.79 Å². The Morgan fingerprint density at radius 1 is 1.35 bits per heavy atom. The van der Waals surface area contributed by atoms with E-state index in [2.05, 4.69) is 55.4 Å². The molecule has 0 radical (unpaired) electrons. The third-order valence-electron chi connectivity index (χ3n) is 7.23. The number of aryl methyl sites for hydroxylation is 2. The summed E-state index contributed by atoms with van der Waals surface area (Å²) in [6, 6.07) is 4.89. The Bertz CT molecular complexity index is 1110. The molecule has 0 aromatic carbocycles. The fourth-order valence-corrected chi connectivity index (χ4v) is 5.94. The zero-order valence-corrected chi connectivity index (χ0v) is 23.4. The minimum Gasteiger partial charge on any atom is -0.352 e. The first-order chi connectivity index (χ1) is 17.9. The first-order valence-corrected chi connectivity index (χ1v) is 14.3. The number of nitrogens with zero attached hydrogens (tertiary/aromatic N) is 5. The van der Waals surface area contributed by atoms with Crippen LogP contribution in [0.3, 0.4) is 0 Å². The number of pyridine rings is 1. The lowest BCUT2D eigenvalue weighted by molar-refractivity contribution is 0.0934. The number of aliphatic imine (C=N–C) groups is 1. The van der Waals surface area contributed by atoms with Gasteiger partial charge in [-0.1, -0.05) is 11.6 Å². The third-order valence-corrected chi connectivity index (χ3v) is 8.15. The maximum Gasteiger partial charge on any atom is 0.253 e. The molecule has 37 heavy (non-hydrogen) atoms. The second-order valence-electron chi connectivity index (χ2n) is 10.1. The average molecular weight is 542 g/mol. The number of piperidine rings is 1. The lowest BCUT2D eigenvalue weighted by atomic mass is 10.0. The number of nitriles is 1. The van der Waals surface area contributed by atoms with Gasteiger partial charge in [0, 0.05) is 38.3 Å². The van der Waals surface area contributed by atoms with Crippen molar-refractivity contribution >= 4 is 34.8 Å². The minimum atomic E-state index is -0.0957. The van der Waals surface area contributed by atoms with Crippen LogP contribution in [0.15, 0.2) is 27.9 Å². The first kappa shape index (κ1) is 27.4. The molecule has 0 bridgehead atoms. The molecular formula is C27H36ClN7OS. The SMILES string of the molecule is Cc1cc(Cl)nc(C)c1C(=O)NCC[C@@H](C)N1CCC(N(Cc2ccsc2)C(=NC2CC2)NC#N)CC1. The number of carbonyl (C=O) groups is 1. The Morgan fingerprint density at radius 3 is 2.73 bits per heavy atom. The zero-order valence-electron chi connectivity index (χ0n) is 21.8. The molecule has 1 atom stereocenters. The highest BCUT2D eigenvalue weighted by Crippen LogP contribution is 2.26. The third kappa shape index (κ3) is 7.44. The molecule has 3 heterocycles. The number of likely N-dealkylation sites (tertiary alicyclic amines) is 1. The predicted octanol–water partition coefficient (Wildman–Crippen LogP) is 4.48. The molecule has 2 aromatic heterocycles. The molecule has 8 nitrogen and oxygen atoms in total. The van der Waals surface area contributed by atoms with Gasteiger partial charge in [0.05, 0.1) is 17.3 Å². The van der Waals surface area contributed by atoms with E-state index in [1.165, 1.54) is 5.56 Å². The van der Waals surface area contributed by atoms with Crippen LogP contribution in [-0.2, 0) is 6.54 Å². The van der Waals surface area contributed by atoms with Gasteiger partial charge in [0.2, 0.25) is 5.96 Å². The summed E-state index contributed by atoms with van der Waals surface area (Å²) in [5.74, 6) is 0.620. The standard InChI is InChI=1S/C27H36ClN7OS/c1-18-14-24(28)32-20(3)25(18)26(36)30-10-6-19(2)34-11-7-23(8-12-34)35(15-21-9-13-37-16-21)27(31-17-29)33-22-4-5-22/h9,13-14,16,19,22-23H,4-8,10-12,15H2,1-3H3,(H,30,36)(H,31,33)/t19-/m1/s1. The monoisotopic (exact) mass is 541 g/mol. The zero-order chi connectivity index (χ0) is 26.4. The molecule has 2 aromatic rings. The van der Waals surface area contributed by atoms with E-state index < -0.39 is 0 Å². The Balaban J connectivity index is 1.30. The molecule has 198 valence electrons. The van der Waals surface area contributed by atoms with Gasteiger partial charge in [-0.25, -0.2) is 9.98 Å². The van der Waals surface area contributed by atoms with Crippen LogP contribution in [0.2, 0.25) is 5.15 Å². The van der Waals surface area contributed by atoms with Crippen LogP contribution in [-0.4, -0.2) is 64.4 Å². The molecule has 1 aliphatic heterocycles. The van der Waals surface area contributed by atoms with Crippen molar-refractivity contribution in [2.45, 2.75) is 77.5 Å². The van der Waals surface area contributed by atoms with Gasteiger partial charge in [-0.3, -0.25) is 10.1 Å². The molecule has 2 aliphatic rings. The second kappa shape index (κ2) is 12.7. The van der Waals surface area contributed by atoms with E-state index in [1.54, 1.807) is 17.4 Å². The van der Waals surface area contributed by atoms with Crippen molar-refractivity contribution in [1.82, 2.24) is 25.4 Å². The molecule has 10 heteroatoms. The number of rotatable bonds is 9. The predicted molar refractivity (Wildman–Crippen MR) is 149 cm³/mol. The number of carbonyl (C=O) groups excluding carboxylic acids is 1. The summed E-state index contributed by atoms with van der Waals surface area (Å²) in [6.07, 6.45) is 7.19. The van der Waals surface area contributed by atoms with Gasteiger partial charge < -0.3 is 15.1 Å². The van der Waals surface area contributed by atoms with Crippen molar-refractivity contribution in [2.24, 2.45) is 4.99 Å². The van der Waals surface area contributed by atoms with Crippen LogP contribution in [0.1, 0.15) is 66.2 Å². The summed E-state index contributed by atoms with van der Waals surface area (Å²) >= 11 is 7.70. The van der Waals surface area contributed by atoms with Crippen LogP contribution in [0.5, 0.6) is 0 Å². The molecule has 2 fully saturated rings. The summed E-state index contributed by atoms with van der Waals surface area (Å²) in [6.45, 7) is 9.24. The van der Waals surface area contributed by atoms with Crippen LogP contribution in [0.4, 0.5) is 0 Å². The number of guanidine groups is 1. The summed E-state index contributed by atoms with van der Waals surface area (Å²) in [5.41, 5.74) is 3.35. The maximum atomic E-state index is 12.7. The summed E-state index contributed by atoms with van der Waals surface area (Å²) in [4.78, 5) is 26.6. The molecule has 4 rings (SSSR count). The molecular weight excluding hydrogens is 506 g/mol. The minimum absolute atomic E-state index is 0.0957. The Hall–Kier alpha value is -2.67. The van der Waals surface area contributed by atoms with Crippen LogP contribution in [0.25, 0.3) is 0 Å². The molecule has 1 amide bonds. The smallest absolute Gasteiger partial charge is 0.253 e. The van der Waals surface area contributed by atoms with Gasteiger partial charge in [0.25, 0.3) is 5.91 Å². The fraction of sp³-hybridized carbons (Fsp3) is 0.556. The van der Waals surface area contributed by atoms with Crippen LogP contribution in [0, 0.1) is 25.3 Å². The van der Waals surface area contributed by atoms with E-state index in [0.717, 1.165) is 57.3 Å². The number of hydrogen-bond acceptors (Lipinski definition) is 6. The average Bonchev–Trinajstić information content (AvgIpc) is 3.53. The Morgan fingerprint density at radius 2 is 2.11 bits per heavy atom. The number of nitrogens with one attached hydrogen (secondary N) is 2. The van der Waals surface area contributed by atoms with E-state index in [9.17, 15) is 10.1 Å². The van der Waals surface area contributed by atoms with Crippen molar-refractivity contribution in [2.75, 3.05) is 19.6 Å². The highest BCUT2D eigenvalue weighted by molar-refractivity contribution is 7.07. The summed E-state index contributed by atoms with van der Waals surface area (Å²) in [5, 5.41) is 20.0. The van der Waals surface area contributed by atoms with Gasteiger partial charge in [0.1, 0.15) is 5.15 Å². The first-order valence-electron chi connectivity index (χ1n) is 13.0. The number of amides is 1. The van der Waals surface area contributed by atoms with Gasteiger partial charge in [0.15, 0.2) is 6.19 Å². The van der Waals surface area contributed by atoms with Gasteiger partial charge in [-0.05, 0) is 86.9 Å². The number of aromatic nitrogens is 1. The largest absolute Gasteiger partial charge is 0.352 e. The summed E-state index contributed by atoms with van der Waals surface area (Å²) in [7, 11) is 0. The van der Waals surface area contributed by atoms with Crippen LogP contribution < -0.4 is 10.6 Å². The lowest BCUT2D eigenvalue weighted by Crippen LogP contribution is -2.52. The summed E-state index contributed by atoms with van der Waals surface area (Å²) < 4.78 is 0. The molecule has 1 aliphatic carbocycles. The van der Waals surface area contributed by atoms with Gasteiger partial charge >= 0.3 is 0 Å². The Kier molecular flexibility index (Phi) is 9.41. The number of hydrogen-bond donors (Lipinski definition) is 2. The van der Waals surface area contributed by atoms with Crippen LogP contribution >= 0.6 is 22.9 Å².